The molecule has 0 saturated carbocycles. The van der Waals surface area contributed by atoms with Gasteiger partial charge in [0.05, 0.1) is 0 Å². The average molecular weight is 152 g/mol. The van der Waals surface area contributed by atoms with E-state index >= 15 is 0 Å². The van der Waals surface area contributed by atoms with Crippen LogP contribution in [0.25, 0.3) is 0 Å². The fourth-order valence-electron chi connectivity index (χ4n) is 0.358. The summed E-state index contributed by atoms with van der Waals surface area (Å²) in [5.74, 6) is 0. The normalized spacial score (nSPS) is 8.00. The zero-order valence-corrected chi connectivity index (χ0v) is 3.97. The van der Waals surface area contributed by atoms with Crippen molar-refractivity contribution in [2.45, 2.75) is 0 Å². The van der Waals surface area contributed by atoms with Gasteiger partial charge in [0, 0.05) is 12.1 Å². The summed E-state index contributed by atoms with van der Waals surface area (Å²) in [6.07, 6.45) is 0. The van der Waals surface area contributed by atoms with Crippen molar-refractivity contribution in [3.05, 3.63) is 32.8 Å². The second-order valence-corrected chi connectivity index (χ2v) is 1.31. The molecule has 0 amide bonds. The summed E-state index contributed by atoms with van der Waals surface area (Å²) in [5, 5.41) is 4.21. The van der Waals surface area contributed by atoms with Crippen LogP contribution in [0.1, 0.15) is 0 Å². The molecule has 0 aromatic carbocycles. The zero-order valence-electron chi connectivity index (χ0n) is 3.97. The molecule has 1 heterocycles. The number of aromatic amines is 2. The number of aromatic nitrogens is 2. The van der Waals surface area contributed by atoms with Crippen molar-refractivity contribution in [2.75, 3.05) is 0 Å². The third-order valence-electron chi connectivity index (χ3n) is 0.695. The zero-order chi connectivity index (χ0) is 5.98. The van der Waals surface area contributed by atoms with E-state index in [2.05, 4.69) is 10.2 Å². The Hall–Kier alpha value is 0.316. The third kappa shape index (κ3) is 3.12. The third-order valence-corrected chi connectivity index (χ3v) is 0.695. The maximum atomic E-state index is 10.2. The van der Waals surface area contributed by atoms with E-state index in [1.165, 1.54) is 12.1 Å². The van der Waals surface area contributed by atoms with E-state index < -0.39 is 0 Å². The van der Waals surface area contributed by atoms with Crippen molar-refractivity contribution in [1.29, 1.82) is 0 Å². The van der Waals surface area contributed by atoms with E-state index in [0.717, 1.165) is 0 Å². The van der Waals surface area contributed by atoms with Gasteiger partial charge in [-0.15, -0.1) is 0 Å². The van der Waals surface area contributed by atoms with Crippen molar-refractivity contribution >= 4 is 51.4 Å². The van der Waals surface area contributed by atoms with Crippen molar-refractivity contribution in [3.8, 4) is 0 Å². The Morgan fingerprint density at radius 1 is 1.00 bits per heavy atom. The molecule has 9 heavy (non-hydrogen) atoms. The topological polar surface area (TPSA) is 65.7 Å². The molecule has 4 nitrogen and oxygen atoms in total. The van der Waals surface area contributed by atoms with Crippen LogP contribution in [0.5, 0.6) is 0 Å². The molecule has 1 aromatic heterocycles. The van der Waals surface area contributed by atoms with Gasteiger partial charge in [0.2, 0.25) is 0 Å². The summed E-state index contributed by atoms with van der Waals surface area (Å²) >= 11 is 0. The van der Waals surface area contributed by atoms with Gasteiger partial charge in [-0.3, -0.25) is 19.8 Å². The van der Waals surface area contributed by atoms with Crippen LogP contribution in [0.2, 0.25) is 0 Å². The average Bonchev–Trinajstić information content (AvgIpc) is 1.77. The van der Waals surface area contributed by atoms with Crippen molar-refractivity contribution in [2.24, 2.45) is 0 Å². The molecule has 0 fully saturated rings. The van der Waals surface area contributed by atoms with Crippen LogP contribution >= 0.6 is 0 Å². The predicted molar refractivity (Wildman–Crippen MR) is 34.8 cm³/mol. The van der Waals surface area contributed by atoms with Gasteiger partial charge in [-0.05, 0) is 0 Å². The Labute approximate surface area is 93.1 Å². The predicted octanol–water partition coefficient (Wildman–Crippen LogP) is -1.59. The van der Waals surface area contributed by atoms with Gasteiger partial charge in [0.15, 0.2) is 0 Å². The van der Waals surface area contributed by atoms with Crippen LogP contribution in [-0.2, 0) is 0 Å². The summed E-state index contributed by atoms with van der Waals surface area (Å²) < 4.78 is 0. The number of rotatable bonds is 0. The first kappa shape index (κ1) is 9.32. The van der Waals surface area contributed by atoms with Gasteiger partial charge in [-0.2, -0.15) is 0 Å². The van der Waals surface area contributed by atoms with E-state index in [1.807, 2.05) is 0 Å². The summed E-state index contributed by atoms with van der Waals surface area (Å²) in [4.78, 5) is 20.4. The second kappa shape index (κ2) is 4.18. The van der Waals surface area contributed by atoms with E-state index in [9.17, 15) is 9.59 Å². The standard InChI is InChI=1S/C4H4N2O2.K.H/c7-3-1-2-4(8)6-5-3;;/h1-2H,(H,5,7)(H,6,8);;. The van der Waals surface area contributed by atoms with Crippen molar-refractivity contribution in [3.63, 3.8) is 0 Å². The van der Waals surface area contributed by atoms with E-state index in [1.54, 1.807) is 0 Å². The molecule has 0 bridgehead atoms. The fourth-order valence-corrected chi connectivity index (χ4v) is 0.358. The van der Waals surface area contributed by atoms with Crippen LogP contribution in [0.3, 0.4) is 0 Å². The van der Waals surface area contributed by atoms with Gasteiger partial charge in [0.1, 0.15) is 0 Å². The molecular weight excluding hydrogens is 147 g/mol. The van der Waals surface area contributed by atoms with Gasteiger partial charge >= 0.3 is 51.4 Å². The van der Waals surface area contributed by atoms with Gasteiger partial charge in [-0.1, -0.05) is 0 Å². The maximum absolute atomic E-state index is 10.2. The van der Waals surface area contributed by atoms with Crippen LogP contribution in [0, 0.1) is 0 Å². The molecule has 1 rings (SSSR count). The van der Waals surface area contributed by atoms with Crippen LogP contribution in [0.4, 0.5) is 0 Å². The quantitative estimate of drug-likeness (QED) is 0.440. The number of hydrogen-bond acceptors (Lipinski definition) is 2. The number of nitrogens with one attached hydrogen (secondary N) is 2. The minimum atomic E-state index is -0.301. The summed E-state index contributed by atoms with van der Waals surface area (Å²) in [6.45, 7) is 0. The number of H-pyrrole nitrogens is 2. The SMILES string of the molecule is O=c1ccc(=O)[nH][nH]1.[KH]. The van der Waals surface area contributed by atoms with Gasteiger partial charge < -0.3 is 0 Å². The van der Waals surface area contributed by atoms with Gasteiger partial charge in [-0.25, -0.2) is 0 Å². The summed E-state index contributed by atoms with van der Waals surface area (Å²) in [5.41, 5.74) is -0.603. The fraction of sp³-hybridized carbons (Fsp3) is 0. The first-order valence-electron chi connectivity index (χ1n) is 2.07. The molecule has 0 aliphatic carbocycles. The Morgan fingerprint density at radius 2 is 1.33 bits per heavy atom. The molecule has 0 spiro atoms. The summed E-state index contributed by atoms with van der Waals surface area (Å²) in [7, 11) is 0. The first-order valence-corrected chi connectivity index (χ1v) is 2.07. The molecule has 0 aliphatic heterocycles. The van der Waals surface area contributed by atoms with E-state index in [0.29, 0.717) is 0 Å². The Balaban J connectivity index is 0.000000640. The van der Waals surface area contributed by atoms with E-state index in [-0.39, 0.29) is 62.5 Å². The van der Waals surface area contributed by atoms with Crippen LogP contribution in [0.15, 0.2) is 21.7 Å². The molecular formula is C4H5KN2O2. The monoisotopic (exact) mass is 152 g/mol. The molecule has 0 unspecified atom stereocenters. The Morgan fingerprint density at radius 3 is 1.56 bits per heavy atom. The van der Waals surface area contributed by atoms with Crippen molar-refractivity contribution < 1.29 is 0 Å². The Bertz CT molecular complexity index is 224. The van der Waals surface area contributed by atoms with E-state index in [4.69, 9.17) is 0 Å². The molecule has 5 heteroatoms. The van der Waals surface area contributed by atoms with Crippen LogP contribution in [-0.4, -0.2) is 61.6 Å². The minimum absolute atomic E-state index is 0. The van der Waals surface area contributed by atoms with Crippen LogP contribution < -0.4 is 11.1 Å². The number of hydrogen-bond donors (Lipinski definition) is 2. The first-order chi connectivity index (χ1) is 3.79. The molecule has 0 aliphatic rings. The molecule has 0 atom stereocenters. The second-order valence-electron chi connectivity index (χ2n) is 1.31. The molecule has 44 valence electrons. The molecule has 0 radical (unpaired) electrons. The Kier molecular flexibility index (Phi) is 4.33. The molecule has 1 aromatic rings. The molecule has 0 saturated heterocycles. The molecule has 2 N–H and O–H groups in total. The van der Waals surface area contributed by atoms with Crippen molar-refractivity contribution in [1.82, 2.24) is 10.2 Å². The van der Waals surface area contributed by atoms with Gasteiger partial charge in [0.25, 0.3) is 11.1 Å². The summed E-state index contributed by atoms with van der Waals surface area (Å²) in [6, 6.07) is 2.33.